The normalized spacial score (nSPS) is 22.2. The van der Waals surface area contributed by atoms with E-state index in [4.69, 9.17) is 23.2 Å². The van der Waals surface area contributed by atoms with E-state index in [0.29, 0.717) is 27.9 Å². The highest BCUT2D eigenvalue weighted by Gasteiger charge is 2.34. The van der Waals surface area contributed by atoms with Crippen LogP contribution in [0, 0.1) is 5.92 Å². The molecule has 0 saturated carbocycles. The zero-order valence-electron chi connectivity index (χ0n) is 13.2. The van der Waals surface area contributed by atoms with Crippen molar-refractivity contribution in [2.24, 2.45) is 5.92 Å². The van der Waals surface area contributed by atoms with Crippen LogP contribution in [-0.4, -0.2) is 26.2 Å². The summed E-state index contributed by atoms with van der Waals surface area (Å²) in [5, 5.41) is 8.31. The molecule has 2 aromatic carbocycles. The van der Waals surface area contributed by atoms with Gasteiger partial charge in [-0.25, -0.2) is 0 Å². The molecule has 0 spiro atoms. The van der Waals surface area contributed by atoms with Crippen molar-refractivity contribution >= 4 is 23.2 Å². The maximum absolute atomic E-state index is 6.22. The molecule has 2 nitrogen and oxygen atoms in total. The molecule has 0 amide bonds. The Balaban J connectivity index is 1.80. The van der Waals surface area contributed by atoms with Gasteiger partial charge >= 0.3 is 0 Å². The molecule has 1 unspecified atom stereocenters. The van der Waals surface area contributed by atoms with E-state index in [1.807, 2.05) is 12.1 Å². The first-order valence-corrected chi connectivity index (χ1v) is 8.81. The van der Waals surface area contributed by atoms with Crippen LogP contribution in [0.2, 0.25) is 10.0 Å². The molecule has 0 radical (unpaired) electrons. The fourth-order valence-corrected chi connectivity index (χ4v) is 3.87. The lowest BCUT2D eigenvalue weighted by molar-refractivity contribution is 0.365. The highest BCUT2D eigenvalue weighted by atomic mass is 35.5. The van der Waals surface area contributed by atoms with Crippen molar-refractivity contribution in [3.05, 3.63) is 69.7 Å². The summed E-state index contributed by atoms with van der Waals surface area (Å²) >= 11 is 12.3. The van der Waals surface area contributed by atoms with Crippen LogP contribution in [0.4, 0.5) is 0 Å². The molecule has 0 bridgehead atoms. The van der Waals surface area contributed by atoms with Crippen molar-refractivity contribution in [1.29, 1.82) is 0 Å². The summed E-state index contributed by atoms with van der Waals surface area (Å²) in [6.07, 6.45) is 1.03. The molecule has 2 aromatic rings. The van der Waals surface area contributed by atoms with Crippen molar-refractivity contribution in [3.63, 3.8) is 0 Å². The Morgan fingerprint density at radius 1 is 1.09 bits per heavy atom. The second kappa shape index (κ2) is 7.67. The lowest BCUT2D eigenvalue weighted by atomic mass is 9.81. The van der Waals surface area contributed by atoms with E-state index in [1.54, 1.807) is 0 Å². The Morgan fingerprint density at radius 2 is 1.87 bits per heavy atom. The van der Waals surface area contributed by atoms with Crippen LogP contribution in [0.5, 0.6) is 0 Å². The van der Waals surface area contributed by atoms with E-state index in [-0.39, 0.29) is 0 Å². The smallest absolute Gasteiger partial charge is 0.0595 e. The Labute approximate surface area is 148 Å². The molecule has 1 aliphatic heterocycles. The molecule has 23 heavy (non-hydrogen) atoms. The number of benzene rings is 2. The maximum atomic E-state index is 6.22. The summed E-state index contributed by atoms with van der Waals surface area (Å²) in [5.41, 5.74) is 2.63. The standard InChI is InChI=1S/C19H22Cl2N2/c1-22-19(9-13-5-3-2-4-6-13)16-12-23-11-15(16)14-7-8-17(20)18(21)10-14/h2-8,10,15-16,19,22-23H,9,11-12H2,1H3/t15-,16-,19?/m1/s1. The molecule has 1 aliphatic rings. The van der Waals surface area contributed by atoms with Gasteiger partial charge in [-0.3, -0.25) is 0 Å². The summed E-state index contributed by atoms with van der Waals surface area (Å²) in [6.45, 7) is 2.00. The Bertz CT molecular complexity index is 645. The van der Waals surface area contributed by atoms with Gasteiger partial charge in [-0.1, -0.05) is 59.6 Å². The van der Waals surface area contributed by atoms with Gasteiger partial charge in [-0.2, -0.15) is 0 Å². The van der Waals surface area contributed by atoms with E-state index in [2.05, 4.69) is 54.1 Å². The maximum Gasteiger partial charge on any atom is 0.0595 e. The second-order valence-electron chi connectivity index (χ2n) is 6.19. The lowest BCUT2D eigenvalue weighted by Crippen LogP contribution is -2.39. The van der Waals surface area contributed by atoms with Crippen LogP contribution in [-0.2, 0) is 6.42 Å². The van der Waals surface area contributed by atoms with E-state index in [0.717, 1.165) is 19.5 Å². The monoisotopic (exact) mass is 348 g/mol. The predicted octanol–water partition coefficient (Wildman–Crippen LogP) is 4.13. The van der Waals surface area contributed by atoms with Gasteiger partial charge in [-0.15, -0.1) is 0 Å². The fourth-order valence-electron chi connectivity index (χ4n) is 3.57. The first kappa shape index (κ1) is 16.8. The molecule has 0 aliphatic carbocycles. The van der Waals surface area contributed by atoms with Crippen LogP contribution in [0.3, 0.4) is 0 Å². The summed E-state index contributed by atoms with van der Waals surface area (Å²) in [5.74, 6) is 0.975. The molecular formula is C19H22Cl2N2. The topological polar surface area (TPSA) is 24.1 Å². The van der Waals surface area contributed by atoms with Crippen molar-refractivity contribution in [3.8, 4) is 0 Å². The highest BCUT2D eigenvalue weighted by Crippen LogP contribution is 2.34. The number of likely N-dealkylation sites (N-methyl/N-ethyl adjacent to an activating group) is 1. The Hall–Kier alpha value is -1.06. The predicted molar refractivity (Wildman–Crippen MR) is 98.6 cm³/mol. The SMILES string of the molecule is CNC(Cc1ccccc1)[C@@H]1CNC[C@@H]1c1ccc(Cl)c(Cl)c1. The second-order valence-corrected chi connectivity index (χ2v) is 7.00. The third kappa shape index (κ3) is 3.89. The van der Waals surface area contributed by atoms with Crippen molar-refractivity contribution < 1.29 is 0 Å². The average Bonchev–Trinajstić information content (AvgIpc) is 3.05. The Morgan fingerprint density at radius 3 is 2.57 bits per heavy atom. The first-order valence-electron chi connectivity index (χ1n) is 8.06. The van der Waals surface area contributed by atoms with Gasteiger partial charge in [0.15, 0.2) is 0 Å². The summed E-state index contributed by atoms with van der Waals surface area (Å²) in [4.78, 5) is 0. The van der Waals surface area contributed by atoms with Gasteiger partial charge in [0.25, 0.3) is 0 Å². The third-order valence-corrected chi connectivity index (χ3v) is 5.56. The van der Waals surface area contributed by atoms with Gasteiger partial charge in [0, 0.05) is 25.0 Å². The van der Waals surface area contributed by atoms with Crippen LogP contribution >= 0.6 is 23.2 Å². The van der Waals surface area contributed by atoms with Gasteiger partial charge in [0.2, 0.25) is 0 Å². The molecular weight excluding hydrogens is 327 g/mol. The number of halogens is 2. The van der Waals surface area contributed by atoms with Gasteiger partial charge < -0.3 is 10.6 Å². The molecule has 1 saturated heterocycles. The van der Waals surface area contributed by atoms with E-state index in [9.17, 15) is 0 Å². The van der Waals surface area contributed by atoms with Crippen molar-refractivity contribution in [1.82, 2.24) is 10.6 Å². The van der Waals surface area contributed by atoms with Crippen LogP contribution in [0.25, 0.3) is 0 Å². The number of nitrogens with one attached hydrogen (secondary N) is 2. The molecule has 3 atom stereocenters. The molecule has 1 fully saturated rings. The van der Waals surface area contributed by atoms with Crippen LogP contribution < -0.4 is 10.6 Å². The van der Waals surface area contributed by atoms with Crippen molar-refractivity contribution in [2.45, 2.75) is 18.4 Å². The summed E-state index contributed by atoms with van der Waals surface area (Å²) < 4.78 is 0. The van der Waals surface area contributed by atoms with E-state index in [1.165, 1.54) is 11.1 Å². The largest absolute Gasteiger partial charge is 0.316 e. The molecule has 122 valence electrons. The Kier molecular flexibility index (Phi) is 5.60. The molecule has 2 N–H and O–H groups in total. The zero-order chi connectivity index (χ0) is 16.2. The zero-order valence-corrected chi connectivity index (χ0v) is 14.7. The van der Waals surface area contributed by atoms with Crippen LogP contribution in [0.1, 0.15) is 17.0 Å². The highest BCUT2D eigenvalue weighted by molar-refractivity contribution is 6.42. The fraction of sp³-hybridized carbons (Fsp3) is 0.368. The lowest BCUT2D eigenvalue weighted by Gasteiger charge is -2.28. The minimum atomic E-state index is 0.423. The number of hydrogen-bond acceptors (Lipinski definition) is 2. The minimum absolute atomic E-state index is 0.423. The van der Waals surface area contributed by atoms with Gasteiger partial charge in [0.1, 0.15) is 0 Å². The van der Waals surface area contributed by atoms with Crippen molar-refractivity contribution in [2.75, 3.05) is 20.1 Å². The van der Waals surface area contributed by atoms with E-state index >= 15 is 0 Å². The van der Waals surface area contributed by atoms with Gasteiger partial charge in [0.05, 0.1) is 10.0 Å². The molecule has 4 heteroatoms. The average molecular weight is 349 g/mol. The summed E-state index contributed by atoms with van der Waals surface area (Å²) in [7, 11) is 2.05. The minimum Gasteiger partial charge on any atom is -0.316 e. The van der Waals surface area contributed by atoms with E-state index < -0.39 is 0 Å². The van der Waals surface area contributed by atoms with Gasteiger partial charge in [-0.05, 0) is 42.6 Å². The molecule has 1 heterocycles. The number of rotatable bonds is 5. The quantitative estimate of drug-likeness (QED) is 0.848. The molecule has 3 rings (SSSR count). The van der Waals surface area contributed by atoms with Crippen LogP contribution in [0.15, 0.2) is 48.5 Å². The molecule has 0 aromatic heterocycles. The number of hydrogen-bond donors (Lipinski definition) is 2. The third-order valence-electron chi connectivity index (χ3n) is 4.82. The summed E-state index contributed by atoms with van der Waals surface area (Å²) in [6, 6.07) is 17.1. The first-order chi connectivity index (χ1) is 11.2.